The number of benzene rings is 2. The van der Waals surface area contributed by atoms with Gasteiger partial charge in [0.05, 0.1) is 50.5 Å². The van der Waals surface area contributed by atoms with Crippen LogP contribution in [-0.2, 0) is 45.0 Å². The third-order valence-corrected chi connectivity index (χ3v) is 8.15. The number of methoxy groups -OCH3 is 3. The fraction of sp³-hybridized carbons (Fsp3) is 0.296. The van der Waals surface area contributed by atoms with E-state index in [0.717, 1.165) is 27.4 Å². The number of para-hydroxylation sites is 1. The first-order chi connectivity index (χ1) is 20.2. The Morgan fingerprint density at radius 1 is 0.860 bits per heavy atom. The summed E-state index contributed by atoms with van der Waals surface area (Å²) in [7, 11) is -2.43. The second kappa shape index (κ2) is 13.7. The maximum absolute atomic E-state index is 13.3. The third-order valence-electron chi connectivity index (χ3n) is 6.39. The molecule has 0 amide bonds. The van der Waals surface area contributed by atoms with Gasteiger partial charge in [0.1, 0.15) is 0 Å². The van der Waals surface area contributed by atoms with Gasteiger partial charge in [-0.1, -0.05) is 47.5 Å². The fourth-order valence-corrected chi connectivity index (χ4v) is 5.66. The highest BCUT2D eigenvalue weighted by Crippen LogP contribution is 2.46. The van der Waals surface area contributed by atoms with E-state index in [2.05, 4.69) is 5.32 Å². The highest BCUT2D eigenvalue weighted by atomic mass is 35.5. The van der Waals surface area contributed by atoms with Gasteiger partial charge in [0.15, 0.2) is 0 Å². The second-order valence-corrected chi connectivity index (χ2v) is 11.4. The van der Waals surface area contributed by atoms with Crippen LogP contribution in [0.1, 0.15) is 29.9 Å². The Morgan fingerprint density at radius 2 is 1.42 bits per heavy atom. The van der Waals surface area contributed by atoms with Crippen LogP contribution in [0.15, 0.2) is 65.0 Å². The lowest BCUT2D eigenvalue weighted by atomic mass is 9.78. The van der Waals surface area contributed by atoms with Crippen molar-refractivity contribution >= 4 is 56.8 Å². The Morgan fingerprint density at radius 3 is 1.95 bits per heavy atom. The molecule has 2 aromatic rings. The number of halogens is 5. The number of carbonyl (C=O) groups excluding carboxylic acids is 3. The summed E-state index contributed by atoms with van der Waals surface area (Å²) in [5.74, 6) is -3.94. The molecule has 1 atom stereocenters. The van der Waals surface area contributed by atoms with Gasteiger partial charge < -0.3 is 19.5 Å². The van der Waals surface area contributed by atoms with Crippen molar-refractivity contribution in [3.05, 3.63) is 86.2 Å². The standard InChI is InChI=1S/C27H25Cl2F3N2O8S/c1-40-20(35)13-19-23(26(37)42-3)24(21-15(28)8-6-9-16(21)29)22(25(36)41-2)18(33-19)12-11-14-7-4-5-10-17(14)34-43(38,39)27(30,31)32/h4-10,24,33-34H,11-13H2,1-3H3. The second-order valence-electron chi connectivity index (χ2n) is 8.92. The summed E-state index contributed by atoms with van der Waals surface area (Å²) < 4.78 is 79.1. The molecule has 1 aliphatic rings. The molecular weight excluding hydrogens is 640 g/mol. The number of allylic oxidation sites excluding steroid dienone is 1. The predicted octanol–water partition coefficient (Wildman–Crippen LogP) is 4.99. The van der Waals surface area contributed by atoms with Crippen molar-refractivity contribution in [1.82, 2.24) is 5.32 Å². The topological polar surface area (TPSA) is 137 Å². The molecule has 0 radical (unpaired) electrons. The van der Waals surface area contributed by atoms with Crippen LogP contribution in [0.2, 0.25) is 10.0 Å². The van der Waals surface area contributed by atoms with Gasteiger partial charge in [-0.05, 0) is 36.6 Å². The quantitative estimate of drug-likeness (QED) is 0.266. The van der Waals surface area contributed by atoms with Crippen molar-refractivity contribution in [3.8, 4) is 0 Å². The van der Waals surface area contributed by atoms with Crippen LogP contribution < -0.4 is 10.0 Å². The van der Waals surface area contributed by atoms with Gasteiger partial charge in [-0.25, -0.2) is 9.59 Å². The van der Waals surface area contributed by atoms with E-state index in [4.69, 9.17) is 37.4 Å². The molecule has 16 heteroatoms. The van der Waals surface area contributed by atoms with E-state index in [9.17, 15) is 36.0 Å². The molecule has 232 valence electrons. The number of sulfonamides is 1. The number of carbonyl (C=O) groups is 3. The lowest BCUT2D eigenvalue weighted by Gasteiger charge is -2.33. The van der Waals surface area contributed by atoms with Crippen molar-refractivity contribution in [3.63, 3.8) is 0 Å². The monoisotopic (exact) mass is 664 g/mol. The van der Waals surface area contributed by atoms with Gasteiger partial charge in [0.2, 0.25) is 0 Å². The van der Waals surface area contributed by atoms with Gasteiger partial charge in [-0.3, -0.25) is 9.52 Å². The van der Waals surface area contributed by atoms with E-state index in [1.165, 1.54) is 41.1 Å². The minimum atomic E-state index is -5.74. The van der Waals surface area contributed by atoms with Crippen molar-refractivity contribution in [2.75, 3.05) is 26.1 Å². The van der Waals surface area contributed by atoms with Crippen LogP contribution >= 0.6 is 23.2 Å². The molecule has 0 saturated carbocycles. The first-order valence-electron chi connectivity index (χ1n) is 12.2. The molecule has 0 spiro atoms. The largest absolute Gasteiger partial charge is 0.516 e. The lowest BCUT2D eigenvalue weighted by Crippen LogP contribution is -2.35. The highest BCUT2D eigenvalue weighted by Gasteiger charge is 2.46. The van der Waals surface area contributed by atoms with Crippen molar-refractivity contribution < 1.29 is 50.2 Å². The molecule has 0 saturated heterocycles. The van der Waals surface area contributed by atoms with E-state index < -0.39 is 45.8 Å². The number of ether oxygens (including phenoxy) is 3. The molecule has 2 aromatic carbocycles. The average molecular weight is 665 g/mol. The van der Waals surface area contributed by atoms with Crippen LogP contribution in [0.3, 0.4) is 0 Å². The zero-order valence-corrected chi connectivity index (χ0v) is 25.1. The molecule has 2 N–H and O–H groups in total. The summed E-state index contributed by atoms with van der Waals surface area (Å²) >= 11 is 13.0. The minimum Gasteiger partial charge on any atom is -0.469 e. The van der Waals surface area contributed by atoms with Gasteiger partial charge >= 0.3 is 33.4 Å². The summed E-state index contributed by atoms with van der Waals surface area (Å²) in [4.78, 5) is 38.8. The maximum Gasteiger partial charge on any atom is 0.516 e. The predicted molar refractivity (Wildman–Crippen MR) is 150 cm³/mol. The number of dihydropyridines is 1. The Labute approximate surface area is 254 Å². The molecular formula is C27H25Cl2F3N2O8S. The van der Waals surface area contributed by atoms with Crippen molar-refractivity contribution in [2.45, 2.75) is 30.7 Å². The Balaban J connectivity index is 2.23. The van der Waals surface area contributed by atoms with E-state index in [1.54, 1.807) is 0 Å². The maximum atomic E-state index is 13.3. The average Bonchev–Trinajstić information content (AvgIpc) is 2.94. The van der Waals surface area contributed by atoms with E-state index >= 15 is 0 Å². The molecule has 1 heterocycles. The highest BCUT2D eigenvalue weighted by molar-refractivity contribution is 7.93. The Kier molecular flexibility index (Phi) is 10.7. The third kappa shape index (κ3) is 7.43. The minimum absolute atomic E-state index is 0.0200. The Hall–Kier alpha value is -3.75. The Bertz CT molecular complexity index is 1590. The summed E-state index contributed by atoms with van der Waals surface area (Å²) in [6.07, 6.45) is -0.756. The molecule has 1 aliphatic heterocycles. The summed E-state index contributed by atoms with van der Waals surface area (Å²) in [5, 5.41) is 3.02. The molecule has 0 fully saturated rings. The SMILES string of the molecule is COC(=O)CC1=C(C(=O)OC)C(c2c(Cl)cccc2Cl)C(C(=O)OC)=C(CCc2ccccc2NS(=O)(=O)C(F)(F)F)N1. The van der Waals surface area contributed by atoms with Crippen LogP contribution in [0, 0.1) is 0 Å². The number of aryl methyl sites for hydroxylation is 1. The molecule has 0 aromatic heterocycles. The zero-order valence-electron chi connectivity index (χ0n) is 22.8. The lowest BCUT2D eigenvalue weighted by molar-refractivity contribution is -0.139. The van der Waals surface area contributed by atoms with Crippen LogP contribution in [0.5, 0.6) is 0 Å². The normalized spacial score (nSPS) is 15.5. The molecule has 10 nitrogen and oxygen atoms in total. The number of nitrogens with one attached hydrogen (secondary N) is 2. The van der Waals surface area contributed by atoms with E-state index in [1.807, 2.05) is 0 Å². The smallest absolute Gasteiger partial charge is 0.469 e. The van der Waals surface area contributed by atoms with Gasteiger partial charge in [-0.2, -0.15) is 21.6 Å². The van der Waals surface area contributed by atoms with Gasteiger partial charge in [0.25, 0.3) is 0 Å². The number of rotatable bonds is 10. The zero-order chi connectivity index (χ0) is 32.1. The summed E-state index contributed by atoms with van der Waals surface area (Å²) in [5.41, 5.74) is -5.93. The molecule has 1 unspecified atom stereocenters. The van der Waals surface area contributed by atoms with Gasteiger partial charge in [0, 0.05) is 27.0 Å². The number of alkyl halides is 3. The molecule has 43 heavy (non-hydrogen) atoms. The first kappa shape index (κ1) is 33.7. The van der Waals surface area contributed by atoms with Crippen LogP contribution in [-0.4, -0.2) is 53.2 Å². The fourth-order valence-electron chi connectivity index (χ4n) is 4.44. The van der Waals surface area contributed by atoms with Gasteiger partial charge in [-0.15, -0.1) is 0 Å². The molecule has 0 bridgehead atoms. The number of hydrogen-bond acceptors (Lipinski definition) is 9. The van der Waals surface area contributed by atoms with E-state index in [0.29, 0.717) is 0 Å². The van der Waals surface area contributed by atoms with Crippen LogP contribution in [0.4, 0.5) is 18.9 Å². The number of esters is 3. The first-order valence-corrected chi connectivity index (χ1v) is 14.5. The number of hydrogen-bond donors (Lipinski definition) is 2. The van der Waals surface area contributed by atoms with E-state index in [-0.39, 0.29) is 62.2 Å². The van der Waals surface area contributed by atoms with Crippen molar-refractivity contribution in [1.29, 1.82) is 0 Å². The number of anilines is 1. The summed E-state index contributed by atoms with van der Waals surface area (Å²) in [6.45, 7) is 0. The molecule has 0 aliphatic carbocycles. The molecule has 3 rings (SSSR count). The summed E-state index contributed by atoms with van der Waals surface area (Å²) in [6, 6.07) is 9.83. The van der Waals surface area contributed by atoms with Crippen molar-refractivity contribution in [2.24, 2.45) is 0 Å². The van der Waals surface area contributed by atoms with Crippen LogP contribution in [0.25, 0.3) is 0 Å².